The maximum atomic E-state index is 12.2. The lowest BCUT2D eigenvalue weighted by Crippen LogP contribution is -2.56. The number of carbonyl (C=O) groups excluding carboxylic acids is 1. The van der Waals surface area contributed by atoms with E-state index < -0.39 is 0 Å². The molecule has 7 heteroatoms. The number of nitrogens with zero attached hydrogens (tertiary/aromatic N) is 2. The summed E-state index contributed by atoms with van der Waals surface area (Å²) in [6.45, 7) is 2.20. The van der Waals surface area contributed by atoms with Gasteiger partial charge in [-0.15, -0.1) is 0 Å². The highest BCUT2D eigenvalue weighted by Gasteiger charge is 2.55. The topological polar surface area (TPSA) is 72.4 Å². The van der Waals surface area contributed by atoms with Gasteiger partial charge in [-0.3, -0.25) is 15.1 Å². The van der Waals surface area contributed by atoms with Crippen molar-refractivity contribution >= 4 is 17.4 Å². The van der Waals surface area contributed by atoms with Gasteiger partial charge in [0.25, 0.3) is 0 Å². The lowest BCUT2D eigenvalue weighted by molar-refractivity contribution is -0.146. The van der Waals surface area contributed by atoms with E-state index >= 15 is 0 Å². The summed E-state index contributed by atoms with van der Waals surface area (Å²) in [5.41, 5.74) is 5.25. The van der Waals surface area contributed by atoms with E-state index in [2.05, 4.69) is 10.3 Å². The molecule has 0 radical (unpaired) electrons. The van der Waals surface area contributed by atoms with E-state index in [4.69, 9.17) is 19.3 Å². The van der Waals surface area contributed by atoms with Gasteiger partial charge < -0.3 is 14.2 Å². The molecule has 0 aromatic heterocycles. The third kappa shape index (κ3) is 3.56. The van der Waals surface area contributed by atoms with Crippen LogP contribution in [0, 0.1) is 11.3 Å². The first-order chi connectivity index (χ1) is 14.1. The molecule has 0 amide bonds. The number of esters is 1. The summed E-state index contributed by atoms with van der Waals surface area (Å²) < 4.78 is 15.9. The van der Waals surface area contributed by atoms with Crippen molar-refractivity contribution in [3.05, 3.63) is 18.2 Å². The SMILES string of the molecule is COC(=O)C[C@@]12CCCN3CC[C@@H](/C(=N/Nc4cccc(OC)c4OC)CC1)[C@H]32. The molecule has 3 fully saturated rings. The molecule has 0 unspecified atom stereocenters. The average molecular weight is 402 g/mol. The molecule has 29 heavy (non-hydrogen) atoms. The molecule has 1 aromatic carbocycles. The van der Waals surface area contributed by atoms with Crippen molar-refractivity contribution in [1.82, 2.24) is 4.90 Å². The summed E-state index contributed by atoms with van der Waals surface area (Å²) in [6.07, 6.45) is 5.77. The summed E-state index contributed by atoms with van der Waals surface area (Å²) in [5, 5.41) is 4.83. The van der Waals surface area contributed by atoms with E-state index in [1.165, 1.54) is 12.8 Å². The highest BCUT2D eigenvalue weighted by atomic mass is 16.5. The third-order valence-electron chi connectivity index (χ3n) is 7.00. The van der Waals surface area contributed by atoms with Crippen molar-refractivity contribution in [3.63, 3.8) is 0 Å². The van der Waals surface area contributed by atoms with E-state index in [0.717, 1.165) is 50.9 Å². The zero-order chi connectivity index (χ0) is 20.4. The summed E-state index contributed by atoms with van der Waals surface area (Å²) >= 11 is 0. The predicted octanol–water partition coefficient (Wildman–Crippen LogP) is 3.30. The number of methoxy groups -OCH3 is 3. The maximum Gasteiger partial charge on any atom is 0.306 e. The van der Waals surface area contributed by atoms with Gasteiger partial charge in [-0.2, -0.15) is 5.10 Å². The van der Waals surface area contributed by atoms with Crippen LogP contribution >= 0.6 is 0 Å². The third-order valence-corrected chi connectivity index (χ3v) is 7.00. The number of ether oxygens (including phenoxy) is 3. The van der Waals surface area contributed by atoms with Gasteiger partial charge in [0.15, 0.2) is 11.5 Å². The zero-order valence-electron chi connectivity index (χ0n) is 17.6. The van der Waals surface area contributed by atoms with Gasteiger partial charge >= 0.3 is 5.97 Å². The van der Waals surface area contributed by atoms with Crippen LogP contribution in [-0.2, 0) is 9.53 Å². The van der Waals surface area contributed by atoms with Gasteiger partial charge in [-0.05, 0) is 62.7 Å². The highest BCUT2D eigenvalue weighted by molar-refractivity contribution is 5.90. The van der Waals surface area contributed by atoms with E-state index in [-0.39, 0.29) is 11.4 Å². The van der Waals surface area contributed by atoms with E-state index in [1.807, 2.05) is 18.2 Å². The summed E-state index contributed by atoms with van der Waals surface area (Å²) in [7, 11) is 4.76. The number of piperidine rings is 1. The Hall–Kier alpha value is -2.28. The van der Waals surface area contributed by atoms with Crippen LogP contribution in [-0.4, -0.2) is 57.0 Å². The first-order valence-electron chi connectivity index (χ1n) is 10.5. The number of carbonyl (C=O) groups is 1. The molecule has 0 spiro atoms. The molecule has 1 aromatic rings. The minimum atomic E-state index is -0.0860. The normalized spacial score (nSPS) is 30.0. The zero-order valence-corrected chi connectivity index (χ0v) is 17.6. The minimum Gasteiger partial charge on any atom is -0.493 e. The Morgan fingerprint density at radius 2 is 2.10 bits per heavy atom. The fraction of sp³-hybridized carbons (Fsp3) is 0.636. The Bertz CT molecular complexity index is 796. The number of rotatable bonds is 6. The Morgan fingerprint density at radius 1 is 1.24 bits per heavy atom. The standard InChI is InChI=1S/C22H31N3O4/c1-27-18-7-4-6-17(20(18)29-3)24-23-16-8-11-22(14-19(26)28-2)10-5-12-25-13-9-15(16)21(22)25/h4,6-7,15,21,24H,5,8-14H2,1-3H3/b23-16+/t15-,21-,22+/m0/s1. The molecule has 2 heterocycles. The van der Waals surface area contributed by atoms with Gasteiger partial charge in [0.05, 0.1) is 27.8 Å². The Labute approximate surface area is 172 Å². The van der Waals surface area contributed by atoms with Gasteiger partial charge in [-0.25, -0.2) is 0 Å². The average Bonchev–Trinajstić information content (AvgIpc) is 3.19. The molecule has 0 bridgehead atoms. The van der Waals surface area contributed by atoms with E-state index in [9.17, 15) is 4.79 Å². The van der Waals surface area contributed by atoms with Crippen molar-refractivity contribution in [1.29, 1.82) is 0 Å². The van der Waals surface area contributed by atoms with Crippen LogP contribution < -0.4 is 14.9 Å². The predicted molar refractivity (Wildman–Crippen MR) is 112 cm³/mol. The second-order valence-corrected chi connectivity index (χ2v) is 8.35. The lowest BCUT2D eigenvalue weighted by atomic mass is 9.60. The van der Waals surface area contributed by atoms with Crippen LogP contribution in [0.1, 0.15) is 38.5 Å². The molecule has 4 rings (SSSR count). The molecule has 158 valence electrons. The Balaban J connectivity index is 1.58. The lowest BCUT2D eigenvalue weighted by Gasteiger charge is -2.52. The number of nitrogens with one attached hydrogen (secondary N) is 1. The molecule has 3 aliphatic rings. The monoisotopic (exact) mass is 401 g/mol. The van der Waals surface area contributed by atoms with Crippen LogP contribution in [0.3, 0.4) is 0 Å². The summed E-state index contributed by atoms with van der Waals surface area (Å²) in [5.74, 6) is 1.63. The second kappa shape index (κ2) is 8.22. The molecule has 3 atom stereocenters. The van der Waals surface area contributed by atoms with Crippen LogP contribution in [0.25, 0.3) is 0 Å². The highest BCUT2D eigenvalue weighted by Crippen LogP contribution is 2.53. The molecule has 2 saturated heterocycles. The minimum absolute atomic E-state index is 0.0270. The number of hydrogen-bond donors (Lipinski definition) is 1. The maximum absolute atomic E-state index is 12.2. The van der Waals surface area contributed by atoms with Gasteiger partial charge in [0.1, 0.15) is 5.69 Å². The first kappa shape index (κ1) is 20.0. The van der Waals surface area contributed by atoms with Crippen molar-refractivity contribution in [2.45, 2.75) is 44.6 Å². The Kier molecular flexibility index (Phi) is 5.67. The van der Waals surface area contributed by atoms with Crippen molar-refractivity contribution in [2.24, 2.45) is 16.4 Å². The van der Waals surface area contributed by atoms with Crippen molar-refractivity contribution in [3.8, 4) is 11.5 Å². The van der Waals surface area contributed by atoms with E-state index in [1.54, 1.807) is 14.2 Å². The van der Waals surface area contributed by atoms with Gasteiger partial charge in [0, 0.05) is 17.7 Å². The number of hydrogen-bond acceptors (Lipinski definition) is 7. The van der Waals surface area contributed by atoms with Crippen molar-refractivity contribution < 1.29 is 19.0 Å². The number of hydrazone groups is 1. The number of anilines is 1. The van der Waals surface area contributed by atoms with Crippen LogP contribution in [0.2, 0.25) is 0 Å². The molecule has 7 nitrogen and oxygen atoms in total. The quantitative estimate of drug-likeness (QED) is 0.583. The van der Waals surface area contributed by atoms with Crippen molar-refractivity contribution in [2.75, 3.05) is 39.8 Å². The largest absolute Gasteiger partial charge is 0.493 e. The molecular weight excluding hydrogens is 370 g/mol. The molecule has 1 aliphatic carbocycles. The second-order valence-electron chi connectivity index (χ2n) is 8.35. The van der Waals surface area contributed by atoms with Gasteiger partial charge in [0.2, 0.25) is 0 Å². The first-order valence-corrected chi connectivity index (χ1v) is 10.5. The van der Waals surface area contributed by atoms with Gasteiger partial charge in [-0.1, -0.05) is 6.07 Å². The smallest absolute Gasteiger partial charge is 0.306 e. The fourth-order valence-electron chi connectivity index (χ4n) is 5.77. The van der Waals surface area contributed by atoms with Crippen LogP contribution in [0.5, 0.6) is 11.5 Å². The molecule has 1 N–H and O–H groups in total. The van der Waals surface area contributed by atoms with Crippen LogP contribution in [0.15, 0.2) is 23.3 Å². The molecule has 1 saturated carbocycles. The Morgan fingerprint density at radius 3 is 2.86 bits per heavy atom. The fourth-order valence-corrected chi connectivity index (χ4v) is 5.77. The van der Waals surface area contributed by atoms with Crippen LogP contribution in [0.4, 0.5) is 5.69 Å². The summed E-state index contributed by atoms with van der Waals surface area (Å²) in [4.78, 5) is 14.8. The summed E-state index contributed by atoms with van der Waals surface area (Å²) in [6, 6.07) is 6.12. The number of benzene rings is 1. The number of para-hydroxylation sites is 1. The molecule has 2 aliphatic heterocycles. The molecular formula is C22H31N3O4. The van der Waals surface area contributed by atoms with E-state index in [0.29, 0.717) is 29.9 Å².